The molecule has 4 aromatic rings. The van der Waals surface area contributed by atoms with Crippen molar-refractivity contribution in [2.75, 3.05) is 12.4 Å². The number of alkyl halides is 2. The summed E-state index contributed by atoms with van der Waals surface area (Å²) in [6, 6.07) is 8.26. The van der Waals surface area contributed by atoms with Crippen molar-refractivity contribution in [2.45, 2.75) is 13.5 Å². The van der Waals surface area contributed by atoms with Crippen molar-refractivity contribution in [2.24, 2.45) is 0 Å². The number of amides is 1. The predicted molar refractivity (Wildman–Crippen MR) is 110 cm³/mol. The first-order chi connectivity index (χ1) is 14.9. The molecule has 0 aliphatic carbocycles. The molecule has 0 radical (unpaired) electrons. The van der Waals surface area contributed by atoms with Crippen LogP contribution in [0, 0.1) is 0 Å². The summed E-state index contributed by atoms with van der Waals surface area (Å²) in [5, 5.41) is 2.65. The highest BCUT2D eigenvalue weighted by Gasteiger charge is 2.19. The van der Waals surface area contributed by atoms with Crippen LogP contribution in [0.2, 0.25) is 0 Å². The van der Waals surface area contributed by atoms with Crippen LogP contribution in [0.15, 0.2) is 48.9 Å². The van der Waals surface area contributed by atoms with Gasteiger partial charge in [0.1, 0.15) is 17.3 Å². The smallest absolute Gasteiger partial charge is 0.387 e. The Morgan fingerprint density at radius 3 is 2.58 bits per heavy atom. The molecule has 0 atom stereocenters. The van der Waals surface area contributed by atoms with Gasteiger partial charge in [-0.25, -0.2) is 4.98 Å². The van der Waals surface area contributed by atoms with E-state index in [1.807, 2.05) is 0 Å². The minimum Gasteiger partial charge on any atom is -0.495 e. The molecule has 0 saturated heterocycles. The molecule has 31 heavy (non-hydrogen) atoms. The van der Waals surface area contributed by atoms with Crippen LogP contribution in [0.1, 0.15) is 6.92 Å². The maximum atomic E-state index is 12.5. The number of halogens is 2. The summed E-state index contributed by atoms with van der Waals surface area (Å²) in [4.78, 5) is 27.6. The number of carbonyl (C=O) groups excluding carboxylic acids is 1. The first kappa shape index (κ1) is 20.2. The third kappa shape index (κ3) is 4.27. The summed E-state index contributed by atoms with van der Waals surface area (Å²) < 4.78 is 34.6. The van der Waals surface area contributed by atoms with E-state index in [1.165, 1.54) is 19.2 Å². The number of aromatic nitrogens is 4. The minimum absolute atomic E-state index is 0.0494. The number of hydrogen-bond acceptors (Lipinski definition) is 6. The highest BCUT2D eigenvalue weighted by molar-refractivity contribution is 6.01. The van der Waals surface area contributed by atoms with Crippen molar-refractivity contribution in [3.05, 3.63) is 48.9 Å². The van der Waals surface area contributed by atoms with Gasteiger partial charge in [0, 0.05) is 24.8 Å². The number of hydrogen-bond donors (Lipinski definition) is 2. The largest absolute Gasteiger partial charge is 0.495 e. The Hall–Kier alpha value is -4.08. The molecule has 4 rings (SSSR count). The molecular weight excluding hydrogens is 408 g/mol. The number of methoxy groups -OCH3 is 1. The van der Waals surface area contributed by atoms with Crippen LogP contribution in [0.4, 0.5) is 14.6 Å². The van der Waals surface area contributed by atoms with Gasteiger partial charge in [-0.05, 0) is 24.3 Å². The molecule has 0 aromatic carbocycles. The first-order valence-corrected chi connectivity index (χ1v) is 9.15. The number of aromatic amines is 1. The van der Waals surface area contributed by atoms with Gasteiger partial charge in [-0.2, -0.15) is 8.78 Å². The van der Waals surface area contributed by atoms with Gasteiger partial charge in [0.05, 0.1) is 47.5 Å². The standard InChI is InChI=1S/C21H17F2N5O3/c1-11(29)27-17-7-12(5-6-24-17)19-18(15-4-3-13(9-25-15)31-21(22)23)20-16(28-19)8-14(30-2)10-26-20/h3-10,21,28H,1-2H3,(H,24,27,29). The summed E-state index contributed by atoms with van der Waals surface area (Å²) >= 11 is 0. The van der Waals surface area contributed by atoms with Gasteiger partial charge in [-0.3, -0.25) is 14.8 Å². The lowest BCUT2D eigenvalue weighted by atomic mass is 10.0. The molecule has 0 spiro atoms. The number of rotatable bonds is 6. The third-order valence-electron chi connectivity index (χ3n) is 4.42. The van der Waals surface area contributed by atoms with Crippen molar-refractivity contribution in [1.82, 2.24) is 19.9 Å². The molecule has 0 bridgehead atoms. The predicted octanol–water partition coefficient (Wildman–Crippen LogP) is 4.26. The van der Waals surface area contributed by atoms with Crippen molar-refractivity contribution in [3.63, 3.8) is 0 Å². The lowest BCUT2D eigenvalue weighted by molar-refractivity contribution is -0.114. The summed E-state index contributed by atoms with van der Waals surface area (Å²) in [5.41, 5.74) is 3.85. The fraction of sp³-hybridized carbons (Fsp3) is 0.143. The van der Waals surface area contributed by atoms with Crippen molar-refractivity contribution >= 4 is 22.8 Å². The Morgan fingerprint density at radius 2 is 1.90 bits per heavy atom. The highest BCUT2D eigenvalue weighted by Crippen LogP contribution is 2.38. The van der Waals surface area contributed by atoms with E-state index in [4.69, 9.17) is 4.74 Å². The number of anilines is 1. The maximum absolute atomic E-state index is 12.5. The van der Waals surface area contributed by atoms with E-state index < -0.39 is 6.61 Å². The van der Waals surface area contributed by atoms with Gasteiger partial charge < -0.3 is 19.8 Å². The second-order valence-electron chi connectivity index (χ2n) is 6.51. The molecule has 0 unspecified atom stereocenters. The fourth-order valence-electron chi connectivity index (χ4n) is 3.17. The SMILES string of the molecule is COc1cnc2c(-c3ccc(OC(F)F)cn3)c(-c3ccnc(NC(C)=O)c3)[nH]c2c1. The molecule has 10 heteroatoms. The maximum Gasteiger partial charge on any atom is 0.387 e. The molecule has 0 aliphatic heterocycles. The molecule has 1 amide bonds. The van der Waals surface area contributed by atoms with E-state index in [2.05, 4.69) is 30.0 Å². The van der Waals surface area contributed by atoms with Crippen LogP contribution in [-0.4, -0.2) is 39.6 Å². The lowest BCUT2D eigenvalue weighted by Crippen LogP contribution is -2.07. The van der Waals surface area contributed by atoms with Gasteiger partial charge in [0.2, 0.25) is 5.91 Å². The summed E-state index contributed by atoms with van der Waals surface area (Å²) in [5.74, 6) is 0.652. The Bertz CT molecular complexity index is 1240. The van der Waals surface area contributed by atoms with Crippen LogP contribution in [0.25, 0.3) is 33.5 Å². The second-order valence-corrected chi connectivity index (χ2v) is 6.51. The number of pyridine rings is 3. The number of fused-ring (bicyclic) bond motifs is 1. The summed E-state index contributed by atoms with van der Waals surface area (Å²) in [6.07, 6.45) is 4.37. The van der Waals surface area contributed by atoms with E-state index in [-0.39, 0.29) is 11.7 Å². The van der Waals surface area contributed by atoms with E-state index in [0.717, 1.165) is 5.56 Å². The van der Waals surface area contributed by atoms with Crippen LogP contribution in [0.5, 0.6) is 11.5 Å². The normalized spacial score (nSPS) is 11.0. The third-order valence-corrected chi connectivity index (χ3v) is 4.42. The molecule has 8 nitrogen and oxygen atoms in total. The zero-order chi connectivity index (χ0) is 22.0. The number of H-pyrrole nitrogens is 1. The van der Waals surface area contributed by atoms with Gasteiger partial charge in [-0.1, -0.05) is 0 Å². The Morgan fingerprint density at radius 1 is 1.10 bits per heavy atom. The number of nitrogens with one attached hydrogen (secondary N) is 2. The Labute approximate surface area is 175 Å². The molecule has 158 valence electrons. The van der Waals surface area contributed by atoms with Gasteiger partial charge in [0.25, 0.3) is 0 Å². The topological polar surface area (TPSA) is 102 Å². The van der Waals surface area contributed by atoms with Gasteiger partial charge in [-0.15, -0.1) is 0 Å². The molecule has 4 heterocycles. The van der Waals surface area contributed by atoms with Crippen LogP contribution in [-0.2, 0) is 4.79 Å². The molecule has 4 aromatic heterocycles. The minimum atomic E-state index is -2.94. The van der Waals surface area contributed by atoms with Gasteiger partial charge >= 0.3 is 6.61 Å². The lowest BCUT2D eigenvalue weighted by Gasteiger charge is -2.08. The zero-order valence-corrected chi connectivity index (χ0v) is 16.5. The van der Waals surface area contributed by atoms with Crippen molar-refractivity contribution < 1.29 is 23.0 Å². The average Bonchev–Trinajstić information content (AvgIpc) is 3.12. The number of carbonyl (C=O) groups is 1. The summed E-state index contributed by atoms with van der Waals surface area (Å²) in [6.45, 7) is -1.54. The van der Waals surface area contributed by atoms with Crippen molar-refractivity contribution in [3.8, 4) is 34.0 Å². The van der Waals surface area contributed by atoms with Crippen molar-refractivity contribution in [1.29, 1.82) is 0 Å². The molecular formula is C21H17F2N5O3. The molecule has 2 N–H and O–H groups in total. The monoisotopic (exact) mass is 425 g/mol. The van der Waals surface area contributed by atoms with E-state index in [0.29, 0.717) is 39.6 Å². The van der Waals surface area contributed by atoms with E-state index in [1.54, 1.807) is 43.8 Å². The van der Waals surface area contributed by atoms with E-state index >= 15 is 0 Å². The summed E-state index contributed by atoms with van der Waals surface area (Å²) in [7, 11) is 1.54. The van der Waals surface area contributed by atoms with Crippen LogP contribution >= 0.6 is 0 Å². The van der Waals surface area contributed by atoms with Gasteiger partial charge in [0.15, 0.2) is 0 Å². The first-order valence-electron chi connectivity index (χ1n) is 9.15. The Balaban J connectivity index is 1.88. The van der Waals surface area contributed by atoms with Crippen LogP contribution in [0.3, 0.4) is 0 Å². The quantitative estimate of drug-likeness (QED) is 0.479. The molecule has 0 fully saturated rings. The number of ether oxygens (including phenoxy) is 2. The average molecular weight is 425 g/mol. The molecule has 0 saturated carbocycles. The Kier molecular flexibility index (Phi) is 5.44. The van der Waals surface area contributed by atoms with Crippen LogP contribution < -0.4 is 14.8 Å². The highest BCUT2D eigenvalue weighted by atomic mass is 19.3. The number of nitrogens with zero attached hydrogens (tertiary/aromatic N) is 3. The second kappa shape index (κ2) is 8.34. The zero-order valence-electron chi connectivity index (χ0n) is 16.5. The fourth-order valence-corrected chi connectivity index (χ4v) is 3.17. The molecule has 0 aliphatic rings. The van der Waals surface area contributed by atoms with E-state index in [9.17, 15) is 13.6 Å².